The molecule has 5 atom stereocenters. The summed E-state index contributed by atoms with van der Waals surface area (Å²) < 4.78 is 15.6. The molecule has 0 aromatic carbocycles. The summed E-state index contributed by atoms with van der Waals surface area (Å²) in [6, 6.07) is 0. The van der Waals surface area contributed by atoms with E-state index in [0.29, 0.717) is 6.61 Å². The van der Waals surface area contributed by atoms with E-state index in [2.05, 4.69) is 0 Å². The number of epoxide rings is 1. The van der Waals surface area contributed by atoms with Crippen molar-refractivity contribution in [2.75, 3.05) is 6.61 Å². The summed E-state index contributed by atoms with van der Waals surface area (Å²) in [5.41, 5.74) is 0. The highest BCUT2D eigenvalue weighted by Crippen LogP contribution is 2.41. The summed E-state index contributed by atoms with van der Waals surface area (Å²) in [5.74, 6) is 0. The third-order valence-corrected chi connectivity index (χ3v) is 2.28. The summed E-state index contributed by atoms with van der Waals surface area (Å²) in [4.78, 5) is 0. The topological polar surface area (TPSA) is 51.2 Å². The van der Waals surface area contributed by atoms with E-state index in [1.165, 1.54) is 0 Å². The SMILES string of the molecule is O[C@H]1[C@@H]2O[C@@H]2[13C@@H]2OC[C@H]1O2. The molecular formula is C6H8O4. The number of fused-ring (bicyclic) bond motifs is 4. The minimum atomic E-state index is -0.469. The van der Waals surface area contributed by atoms with Gasteiger partial charge in [0.15, 0.2) is 6.29 Å². The Kier molecular flexibility index (Phi) is 0.840. The van der Waals surface area contributed by atoms with Gasteiger partial charge in [-0.1, -0.05) is 0 Å². The Labute approximate surface area is 57.7 Å². The van der Waals surface area contributed by atoms with Crippen LogP contribution in [0.5, 0.6) is 0 Å². The molecule has 0 aliphatic carbocycles. The number of hydrogen-bond acceptors (Lipinski definition) is 4. The summed E-state index contributed by atoms with van der Waals surface area (Å²) in [5, 5.41) is 9.38. The van der Waals surface area contributed by atoms with Gasteiger partial charge in [-0.2, -0.15) is 0 Å². The maximum Gasteiger partial charge on any atom is 0.187 e. The van der Waals surface area contributed by atoms with E-state index in [4.69, 9.17) is 14.2 Å². The van der Waals surface area contributed by atoms with E-state index >= 15 is 0 Å². The molecule has 3 aliphatic rings. The van der Waals surface area contributed by atoms with Crippen LogP contribution in [0, 0.1) is 0 Å². The van der Waals surface area contributed by atoms with Crippen LogP contribution in [0.15, 0.2) is 0 Å². The largest absolute Gasteiger partial charge is 0.387 e. The van der Waals surface area contributed by atoms with Crippen LogP contribution in [0.25, 0.3) is 0 Å². The minimum absolute atomic E-state index is 0.00810. The number of aliphatic hydroxyl groups excluding tert-OH is 1. The Balaban J connectivity index is 1.91. The zero-order valence-electron chi connectivity index (χ0n) is 5.27. The fourth-order valence-electron chi connectivity index (χ4n) is 1.63. The first-order valence-electron chi connectivity index (χ1n) is 3.47. The molecule has 56 valence electrons. The van der Waals surface area contributed by atoms with Gasteiger partial charge < -0.3 is 19.3 Å². The quantitative estimate of drug-likeness (QED) is 0.346. The summed E-state index contributed by atoms with van der Waals surface area (Å²) in [7, 11) is 0. The van der Waals surface area contributed by atoms with Gasteiger partial charge in [0.25, 0.3) is 0 Å². The average molecular weight is 145 g/mol. The molecule has 0 unspecified atom stereocenters. The molecule has 0 amide bonds. The second kappa shape index (κ2) is 1.53. The van der Waals surface area contributed by atoms with Crippen LogP contribution in [-0.4, -0.2) is 42.4 Å². The molecule has 3 saturated heterocycles. The first kappa shape index (κ1) is 5.49. The van der Waals surface area contributed by atoms with Gasteiger partial charge in [0.05, 0.1) is 6.61 Å². The number of rotatable bonds is 0. The van der Waals surface area contributed by atoms with Gasteiger partial charge >= 0.3 is 0 Å². The second-order valence-electron chi connectivity index (χ2n) is 2.93. The van der Waals surface area contributed by atoms with Crippen LogP contribution in [0.2, 0.25) is 0 Å². The lowest BCUT2D eigenvalue weighted by atomic mass is 10.1. The summed E-state index contributed by atoms with van der Waals surface area (Å²) in [6.07, 6.45) is -0.809. The van der Waals surface area contributed by atoms with Gasteiger partial charge in [-0.15, -0.1) is 0 Å². The highest BCUT2D eigenvalue weighted by Gasteiger charge is 2.61. The first-order valence-corrected chi connectivity index (χ1v) is 3.47. The van der Waals surface area contributed by atoms with E-state index < -0.39 is 6.10 Å². The Bertz CT molecular complexity index is 169. The Morgan fingerprint density at radius 2 is 2.10 bits per heavy atom. The molecule has 0 spiro atoms. The normalized spacial score (nSPS) is 63.9. The highest BCUT2D eigenvalue weighted by atomic mass is 16.9. The van der Waals surface area contributed by atoms with Crippen LogP contribution in [0.3, 0.4) is 0 Å². The predicted molar refractivity (Wildman–Crippen MR) is 29.3 cm³/mol. The third kappa shape index (κ3) is 0.509. The van der Waals surface area contributed by atoms with Gasteiger partial charge in [-0.3, -0.25) is 0 Å². The van der Waals surface area contributed by atoms with Crippen molar-refractivity contribution in [1.82, 2.24) is 0 Å². The van der Waals surface area contributed by atoms with Crippen molar-refractivity contribution >= 4 is 0 Å². The van der Waals surface area contributed by atoms with Gasteiger partial charge in [0.2, 0.25) is 0 Å². The molecule has 3 aliphatic heterocycles. The maximum absolute atomic E-state index is 9.38. The van der Waals surface area contributed by atoms with Crippen LogP contribution in [0.1, 0.15) is 0 Å². The monoisotopic (exact) mass is 145 g/mol. The molecule has 10 heavy (non-hydrogen) atoms. The third-order valence-electron chi connectivity index (χ3n) is 2.28. The summed E-state index contributed by atoms with van der Waals surface area (Å²) >= 11 is 0. The Hall–Kier alpha value is -0.160. The van der Waals surface area contributed by atoms with Crippen molar-refractivity contribution in [1.29, 1.82) is 0 Å². The van der Waals surface area contributed by atoms with Gasteiger partial charge in [-0.25, -0.2) is 0 Å². The smallest absolute Gasteiger partial charge is 0.187 e. The average Bonchev–Trinajstić information content (AvgIpc) is 2.61. The molecule has 4 nitrogen and oxygen atoms in total. The molecule has 0 aromatic heterocycles. The Morgan fingerprint density at radius 3 is 3.00 bits per heavy atom. The van der Waals surface area contributed by atoms with E-state index in [0.717, 1.165) is 0 Å². The molecule has 0 aromatic rings. The maximum atomic E-state index is 9.38. The van der Waals surface area contributed by atoms with E-state index in [1.807, 2.05) is 0 Å². The number of hydrogen-bond donors (Lipinski definition) is 1. The van der Waals surface area contributed by atoms with Crippen LogP contribution >= 0.6 is 0 Å². The second-order valence-corrected chi connectivity index (χ2v) is 2.93. The molecule has 3 fully saturated rings. The van der Waals surface area contributed by atoms with Crippen LogP contribution in [0.4, 0.5) is 0 Å². The lowest BCUT2D eigenvalue weighted by Crippen LogP contribution is -2.39. The van der Waals surface area contributed by atoms with Crippen molar-refractivity contribution in [3.05, 3.63) is 0 Å². The molecule has 4 heteroatoms. The minimum Gasteiger partial charge on any atom is -0.387 e. The zero-order chi connectivity index (χ0) is 6.72. The standard InChI is InChI=1S/C6H8O4/c7-3-2-1-8-6(9-2)5-4(3)10-5/h2-7H,1H2/t2-,3-,4+,5+,6-/m1/s1/i6+1. The van der Waals surface area contributed by atoms with E-state index in [-0.39, 0.29) is 24.6 Å². The fraction of sp³-hybridized carbons (Fsp3) is 1.00. The van der Waals surface area contributed by atoms with Gasteiger partial charge in [0.1, 0.15) is 24.4 Å². The predicted octanol–water partition coefficient (Wildman–Crippen LogP) is -1.13. The highest BCUT2D eigenvalue weighted by molar-refractivity contribution is 5.03. The van der Waals surface area contributed by atoms with Crippen molar-refractivity contribution in [3.63, 3.8) is 0 Å². The fourth-order valence-corrected chi connectivity index (χ4v) is 1.63. The van der Waals surface area contributed by atoms with Crippen LogP contribution < -0.4 is 0 Å². The van der Waals surface area contributed by atoms with Gasteiger partial charge in [-0.05, 0) is 0 Å². The number of ether oxygens (including phenoxy) is 3. The molecule has 0 saturated carbocycles. The summed E-state index contributed by atoms with van der Waals surface area (Å²) in [6.45, 7) is 0.516. The van der Waals surface area contributed by atoms with Crippen molar-refractivity contribution in [2.24, 2.45) is 0 Å². The lowest BCUT2D eigenvalue weighted by molar-refractivity contribution is -0.103. The van der Waals surface area contributed by atoms with E-state index in [1.54, 1.807) is 0 Å². The Morgan fingerprint density at radius 1 is 1.20 bits per heavy atom. The number of aliphatic hydroxyl groups is 1. The van der Waals surface area contributed by atoms with Crippen molar-refractivity contribution in [3.8, 4) is 0 Å². The molecule has 2 bridgehead atoms. The van der Waals surface area contributed by atoms with Crippen LogP contribution in [-0.2, 0) is 14.2 Å². The molecule has 1 N–H and O–H groups in total. The van der Waals surface area contributed by atoms with E-state index in [9.17, 15) is 5.11 Å². The van der Waals surface area contributed by atoms with Gasteiger partial charge in [0, 0.05) is 0 Å². The lowest BCUT2D eigenvalue weighted by Gasteiger charge is -2.18. The first-order chi connectivity index (χ1) is 4.86. The molecule has 3 rings (SSSR count). The zero-order valence-corrected chi connectivity index (χ0v) is 5.27. The molecule has 3 heterocycles. The van der Waals surface area contributed by atoms with Crippen molar-refractivity contribution in [2.45, 2.75) is 30.7 Å². The molecular weight excluding hydrogens is 137 g/mol. The van der Waals surface area contributed by atoms with Crippen molar-refractivity contribution < 1.29 is 19.3 Å². The molecule has 0 radical (unpaired) electrons.